The highest BCUT2D eigenvalue weighted by Crippen LogP contribution is 1.98. The Morgan fingerprint density at radius 2 is 2.64 bits per heavy atom. The van der Waals surface area contributed by atoms with Crippen LogP contribution in [0, 0.1) is 0 Å². The van der Waals surface area contributed by atoms with Crippen molar-refractivity contribution in [3.8, 4) is 0 Å². The molecule has 1 aromatic heterocycles. The van der Waals surface area contributed by atoms with E-state index in [1.54, 1.807) is 12.3 Å². The fraction of sp³-hybridized carbons (Fsp3) is 0.333. The summed E-state index contributed by atoms with van der Waals surface area (Å²) in [4.78, 5) is 10.8. The van der Waals surface area contributed by atoms with Gasteiger partial charge in [-0.1, -0.05) is 0 Å². The van der Waals surface area contributed by atoms with Crippen LogP contribution in [-0.4, -0.2) is 22.9 Å². The number of halogens is 1. The topological polar surface area (TPSA) is 44.1 Å². The molecule has 1 rings (SSSR count). The van der Waals surface area contributed by atoms with E-state index in [1.165, 1.54) is 11.8 Å². The lowest BCUT2D eigenvalue weighted by Crippen LogP contribution is -2.03. The van der Waals surface area contributed by atoms with E-state index in [4.69, 9.17) is 11.6 Å². The van der Waals surface area contributed by atoms with Crippen LogP contribution in [0.1, 0.15) is 10.5 Å². The molecule has 0 aromatic carbocycles. The molecule has 0 saturated heterocycles. The van der Waals surface area contributed by atoms with Crippen molar-refractivity contribution in [3.63, 3.8) is 0 Å². The van der Waals surface area contributed by atoms with Gasteiger partial charge in [-0.2, -0.15) is 5.10 Å². The summed E-state index contributed by atoms with van der Waals surface area (Å²) in [5, 5.41) is 3.81. The monoisotopic (exact) mass is 174 g/mol. The lowest BCUT2D eigenvalue weighted by Gasteiger charge is -1.92. The molecule has 0 aliphatic carbocycles. The molecular weight excluding hydrogens is 168 g/mol. The van der Waals surface area contributed by atoms with Gasteiger partial charge in [0.2, 0.25) is 0 Å². The maximum absolute atomic E-state index is 10.8. The Hall–Kier alpha value is -1.03. The number of nitrogens with zero attached hydrogens (tertiary/aromatic N) is 2. The number of rotatable bonds is 2. The largest absolute Gasteiger partial charge is 0.464 e. The summed E-state index contributed by atoms with van der Waals surface area (Å²) in [7, 11) is 1.31. The van der Waals surface area contributed by atoms with Gasteiger partial charge in [0.25, 0.3) is 0 Å². The van der Waals surface area contributed by atoms with E-state index < -0.39 is 5.97 Å². The number of methoxy groups -OCH3 is 1. The number of carbonyl (C=O) groups excluding carboxylic acids is 1. The van der Waals surface area contributed by atoms with Gasteiger partial charge < -0.3 is 4.74 Å². The molecule has 0 N–H and O–H groups in total. The van der Waals surface area contributed by atoms with Gasteiger partial charge in [-0.3, -0.25) is 4.68 Å². The van der Waals surface area contributed by atoms with Crippen LogP contribution in [0.5, 0.6) is 0 Å². The molecule has 0 bridgehead atoms. The first-order valence-corrected chi connectivity index (χ1v) is 3.49. The Kier molecular flexibility index (Phi) is 2.48. The predicted molar refractivity (Wildman–Crippen MR) is 39.4 cm³/mol. The average Bonchev–Trinajstić information content (AvgIpc) is 2.50. The van der Waals surface area contributed by atoms with Gasteiger partial charge in [-0.15, -0.1) is 11.6 Å². The van der Waals surface area contributed by atoms with E-state index in [9.17, 15) is 4.79 Å². The quantitative estimate of drug-likeness (QED) is 0.494. The molecule has 0 fully saturated rings. The molecule has 60 valence electrons. The maximum Gasteiger partial charge on any atom is 0.358 e. The van der Waals surface area contributed by atoms with E-state index in [-0.39, 0.29) is 11.7 Å². The van der Waals surface area contributed by atoms with E-state index >= 15 is 0 Å². The molecule has 5 heteroatoms. The SMILES string of the molecule is COC(=O)c1ccn(CCl)n1. The summed E-state index contributed by atoms with van der Waals surface area (Å²) in [6.07, 6.45) is 1.61. The second-order valence-corrected chi connectivity index (χ2v) is 2.09. The average molecular weight is 175 g/mol. The molecule has 11 heavy (non-hydrogen) atoms. The van der Waals surface area contributed by atoms with Crippen molar-refractivity contribution in [2.75, 3.05) is 7.11 Å². The van der Waals surface area contributed by atoms with Crippen molar-refractivity contribution in [2.24, 2.45) is 0 Å². The van der Waals surface area contributed by atoms with E-state index in [1.807, 2.05) is 0 Å². The third-order valence-electron chi connectivity index (χ3n) is 1.16. The second-order valence-electron chi connectivity index (χ2n) is 1.85. The minimum absolute atomic E-state index is 0.233. The molecule has 0 aliphatic heterocycles. The lowest BCUT2D eigenvalue weighted by molar-refractivity contribution is 0.0593. The van der Waals surface area contributed by atoms with E-state index in [0.717, 1.165) is 0 Å². The van der Waals surface area contributed by atoms with Gasteiger partial charge in [0.1, 0.15) is 6.00 Å². The van der Waals surface area contributed by atoms with E-state index in [2.05, 4.69) is 9.84 Å². The molecule has 0 amide bonds. The number of hydrogen-bond donors (Lipinski definition) is 0. The third kappa shape index (κ3) is 1.71. The van der Waals surface area contributed by atoms with Crippen LogP contribution in [0.25, 0.3) is 0 Å². The number of aromatic nitrogens is 2. The first-order chi connectivity index (χ1) is 5.27. The summed E-state index contributed by atoms with van der Waals surface area (Å²) < 4.78 is 5.87. The molecule has 0 radical (unpaired) electrons. The van der Waals surface area contributed by atoms with Gasteiger partial charge >= 0.3 is 5.97 Å². The summed E-state index contributed by atoms with van der Waals surface area (Å²) in [5.74, 6) is -0.450. The Morgan fingerprint density at radius 3 is 3.09 bits per heavy atom. The minimum atomic E-state index is -0.450. The number of carbonyl (C=O) groups is 1. The fourth-order valence-electron chi connectivity index (χ4n) is 0.642. The third-order valence-corrected chi connectivity index (χ3v) is 1.40. The number of alkyl halides is 1. The van der Waals surface area contributed by atoms with Gasteiger partial charge in [-0.25, -0.2) is 4.79 Å². The number of hydrogen-bond acceptors (Lipinski definition) is 3. The summed E-state index contributed by atoms with van der Waals surface area (Å²) >= 11 is 5.44. The fourth-order valence-corrected chi connectivity index (χ4v) is 0.775. The van der Waals surface area contributed by atoms with Crippen LogP contribution in [-0.2, 0) is 10.7 Å². The summed E-state index contributed by atoms with van der Waals surface area (Å²) in [6.45, 7) is 0. The first-order valence-electron chi connectivity index (χ1n) is 2.95. The number of esters is 1. The smallest absolute Gasteiger partial charge is 0.358 e. The summed E-state index contributed by atoms with van der Waals surface area (Å²) in [6, 6.07) is 1.78. The predicted octanol–water partition coefficient (Wildman–Crippen LogP) is 0.866. The highest BCUT2D eigenvalue weighted by atomic mass is 35.5. The number of ether oxygens (including phenoxy) is 1. The van der Waals surface area contributed by atoms with Crippen molar-refractivity contribution in [2.45, 2.75) is 6.00 Å². The van der Waals surface area contributed by atoms with Crippen molar-refractivity contribution < 1.29 is 9.53 Å². The highest BCUT2D eigenvalue weighted by Gasteiger charge is 2.07. The van der Waals surface area contributed by atoms with Crippen LogP contribution in [0.3, 0.4) is 0 Å². The molecule has 0 saturated carbocycles. The van der Waals surface area contributed by atoms with Gasteiger partial charge in [0.15, 0.2) is 5.69 Å². The second kappa shape index (κ2) is 3.39. The van der Waals surface area contributed by atoms with E-state index in [0.29, 0.717) is 0 Å². The Morgan fingerprint density at radius 1 is 1.91 bits per heavy atom. The molecule has 0 spiro atoms. The van der Waals surface area contributed by atoms with Gasteiger partial charge in [-0.05, 0) is 6.07 Å². The normalized spacial score (nSPS) is 9.64. The van der Waals surface area contributed by atoms with Crippen LogP contribution in [0.2, 0.25) is 0 Å². The zero-order valence-corrected chi connectivity index (χ0v) is 6.71. The van der Waals surface area contributed by atoms with Crippen LogP contribution >= 0.6 is 11.6 Å². The molecule has 0 aliphatic rings. The molecule has 1 heterocycles. The summed E-state index contributed by atoms with van der Waals surface area (Å²) in [5.41, 5.74) is 0.271. The molecular formula is C6H7ClN2O2. The standard InChI is InChI=1S/C6H7ClN2O2/c1-11-6(10)5-2-3-9(4-7)8-5/h2-3H,4H2,1H3. The van der Waals surface area contributed by atoms with Crippen molar-refractivity contribution >= 4 is 17.6 Å². The Labute approximate surface area is 68.7 Å². The van der Waals surface area contributed by atoms with Crippen LogP contribution in [0.15, 0.2) is 12.3 Å². The van der Waals surface area contributed by atoms with Crippen LogP contribution < -0.4 is 0 Å². The molecule has 0 atom stereocenters. The molecule has 1 aromatic rings. The van der Waals surface area contributed by atoms with Crippen molar-refractivity contribution in [1.29, 1.82) is 0 Å². The minimum Gasteiger partial charge on any atom is -0.464 e. The van der Waals surface area contributed by atoms with Gasteiger partial charge in [0, 0.05) is 6.20 Å². The Balaban J connectivity index is 2.80. The Bertz CT molecular complexity index is 259. The first kappa shape index (κ1) is 8.07. The lowest BCUT2D eigenvalue weighted by atomic mass is 10.4. The highest BCUT2D eigenvalue weighted by molar-refractivity contribution is 6.15. The zero-order chi connectivity index (χ0) is 8.27. The van der Waals surface area contributed by atoms with Crippen molar-refractivity contribution in [1.82, 2.24) is 9.78 Å². The van der Waals surface area contributed by atoms with Gasteiger partial charge in [0.05, 0.1) is 7.11 Å². The molecule has 0 unspecified atom stereocenters. The van der Waals surface area contributed by atoms with Crippen LogP contribution in [0.4, 0.5) is 0 Å². The molecule has 4 nitrogen and oxygen atoms in total. The van der Waals surface area contributed by atoms with Crippen molar-refractivity contribution in [3.05, 3.63) is 18.0 Å². The zero-order valence-electron chi connectivity index (χ0n) is 5.95. The maximum atomic E-state index is 10.8.